The Hall–Kier alpha value is -3.39. The number of hydrogen-bond donors (Lipinski definition) is 3. The van der Waals surface area contributed by atoms with Crippen LogP contribution in [0.1, 0.15) is 6.42 Å². The van der Waals surface area contributed by atoms with Crippen molar-refractivity contribution >= 4 is 17.3 Å². The van der Waals surface area contributed by atoms with Crippen LogP contribution in [0.15, 0.2) is 47.8 Å². The number of nitrogens with one attached hydrogen (secondary N) is 2. The van der Waals surface area contributed by atoms with Gasteiger partial charge in [0.2, 0.25) is 5.91 Å². The Morgan fingerprint density at radius 2 is 2.07 bits per heavy atom. The zero-order valence-electron chi connectivity index (χ0n) is 16.8. The molecule has 3 heterocycles. The number of likely N-dealkylation sites (N-methyl/N-ethyl adjacent to an activating group) is 1. The minimum absolute atomic E-state index is 0.196. The molecule has 30 heavy (non-hydrogen) atoms. The van der Waals surface area contributed by atoms with Gasteiger partial charge in [0.05, 0.1) is 11.4 Å². The maximum Gasteiger partial charge on any atom is 0.229 e. The molecule has 0 saturated heterocycles. The fraction of sp³-hybridized carbons (Fsp3) is 0.318. The van der Waals surface area contributed by atoms with Gasteiger partial charge < -0.3 is 36.1 Å². The number of carbonyl (C=O) groups is 1. The molecule has 3 aliphatic heterocycles. The number of benzene rings is 2. The molecule has 8 heteroatoms. The first-order chi connectivity index (χ1) is 14.6. The predicted octanol–water partition coefficient (Wildman–Crippen LogP) is 2.50. The summed E-state index contributed by atoms with van der Waals surface area (Å²) in [5.41, 5.74) is 11.3. The summed E-state index contributed by atoms with van der Waals surface area (Å²) in [6.07, 6.45) is 0.299. The maximum absolute atomic E-state index is 13.0. The fourth-order valence-corrected chi connectivity index (χ4v) is 4.11. The van der Waals surface area contributed by atoms with E-state index in [1.165, 1.54) is 0 Å². The predicted molar refractivity (Wildman–Crippen MR) is 115 cm³/mol. The molecule has 3 aliphatic rings. The lowest BCUT2D eigenvalue weighted by molar-refractivity contribution is -0.118. The molecular weight excluding hydrogens is 382 g/mol. The highest BCUT2D eigenvalue weighted by Crippen LogP contribution is 2.39. The first kappa shape index (κ1) is 18.6. The number of carbonyl (C=O) groups excluding carboxylic acids is 1. The van der Waals surface area contributed by atoms with E-state index in [0.29, 0.717) is 36.9 Å². The Labute approximate surface area is 175 Å². The Morgan fingerprint density at radius 3 is 2.90 bits per heavy atom. The number of nitrogens with two attached hydrogens (primary N) is 1. The fourth-order valence-electron chi connectivity index (χ4n) is 4.11. The van der Waals surface area contributed by atoms with E-state index in [1.54, 1.807) is 6.07 Å². The number of para-hydroxylation sites is 1. The van der Waals surface area contributed by atoms with Crippen molar-refractivity contribution in [1.82, 2.24) is 10.2 Å². The summed E-state index contributed by atoms with van der Waals surface area (Å²) in [4.78, 5) is 14.9. The number of fused-ring (bicyclic) bond motifs is 1. The Balaban J connectivity index is 1.37. The number of ether oxygens (including phenoxy) is 2. The molecule has 0 fully saturated rings. The van der Waals surface area contributed by atoms with Crippen LogP contribution in [0.5, 0.6) is 11.5 Å². The first-order valence-electron chi connectivity index (χ1n) is 10.1. The third-order valence-corrected chi connectivity index (χ3v) is 5.69. The summed E-state index contributed by atoms with van der Waals surface area (Å²) in [6, 6.07) is 11.3. The lowest BCUT2D eigenvalue weighted by atomic mass is 10.0. The van der Waals surface area contributed by atoms with E-state index in [1.807, 2.05) is 42.3 Å². The van der Waals surface area contributed by atoms with Gasteiger partial charge in [0, 0.05) is 31.9 Å². The molecule has 156 valence electrons. The zero-order valence-corrected chi connectivity index (χ0v) is 16.8. The summed E-state index contributed by atoms with van der Waals surface area (Å²) in [5.74, 6) is 1.23. The molecule has 0 bridgehead atoms. The second-order valence-corrected chi connectivity index (χ2v) is 7.55. The smallest absolute Gasteiger partial charge is 0.229 e. The van der Waals surface area contributed by atoms with Gasteiger partial charge in [-0.1, -0.05) is 18.2 Å². The topological polar surface area (TPSA) is 103 Å². The second kappa shape index (κ2) is 7.46. The van der Waals surface area contributed by atoms with Gasteiger partial charge in [0.25, 0.3) is 0 Å². The van der Waals surface area contributed by atoms with Gasteiger partial charge in [-0.15, -0.1) is 5.70 Å². The van der Waals surface area contributed by atoms with E-state index in [-0.39, 0.29) is 5.91 Å². The Bertz CT molecular complexity index is 1040. The number of hydrogen-bond acceptors (Lipinski definition) is 6. The molecule has 2 aromatic carbocycles. The molecule has 0 spiro atoms. The number of nitrogens with zero attached hydrogens (tertiary/aromatic N) is 2. The van der Waals surface area contributed by atoms with Crippen LogP contribution in [-0.4, -0.2) is 50.3 Å². The molecule has 1 unspecified atom stereocenters. The van der Waals surface area contributed by atoms with Crippen LogP contribution >= 0.6 is 0 Å². The third-order valence-electron chi connectivity index (χ3n) is 5.69. The quantitative estimate of drug-likeness (QED) is 0.677. The number of nitrogen functional groups attached to an aromatic ring is 1. The highest BCUT2D eigenvalue weighted by molar-refractivity contribution is 6.01. The molecule has 0 aromatic heterocycles. The highest BCUT2D eigenvalue weighted by Gasteiger charge is 2.26. The number of anilines is 2. The van der Waals surface area contributed by atoms with Crippen LogP contribution in [0.2, 0.25) is 0 Å². The van der Waals surface area contributed by atoms with Crippen molar-refractivity contribution in [2.45, 2.75) is 12.6 Å². The van der Waals surface area contributed by atoms with Gasteiger partial charge in [-0.3, -0.25) is 4.79 Å². The third kappa shape index (κ3) is 3.19. The van der Waals surface area contributed by atoms with Gasteiger partial charge >= 0.3 is 0 Å². The van der Waals surface area contributed by atoms with Crippen molar-refractivity contribution in [1.29, 1.82) is 0 Å². The van der Waals surface area contributed by atoms with Crippen molar-refractivity contribution in [3.8, 4) is 22.6 Å². The summed E-state index contributed by atoms with van der Waals surface area (Å²) >= 11 is 0. The average Bonchev–Trinajstić information content (AvgIpc) is 3.12. The lowest BCUT2D eigenvalue weighted by Gasteiger charge is -2.32. The zero-order chi connectivity index (χ0) is 20.7. The summed E-state index contributed by atoms with van der Waals surface area (Å²) in [7, 11) is 1.91. The average molecular weight is 406 g/mol. The van der Waals surface area contributed by atoms with Gasteiger partial charge in [0.1, 0.15) is 13.2 Å². The number of amides is 1. The Kier molecular flexibility index (Phi) is 4.63. The normalized spacial score (nSPS) is 19.9. The van der Waals surface area contributed by atoms with E-state index >= 15 is 0 Å². The Morgan fingerprint density at radius 1 is 1.23 bits per heavy atom. The monoisotopic (exact) mass is 406 g/mol. The van der Waals surface area contributed by atoms with Gasteiger partial charge in [-0.2, -0.15) is 0 Å². The van der Waals surface area contributed by atoms with E-state index in [9.17, 15) is 4.79 Å². The molecule has 0 saturated carbocycles. The highest BCUT2D eigenvalue weighted by atomic mass is 16.6. The van der Waals surface area contributed by atoms with Crippen molar-refractivity contribution in [2.75, 3.05) is 44.4 Å². The van der Waals surface area contributed by atoms with Crippen molar-refractivity contribution < 1.29 is 14.3 Å². The molecule has 2 aromatic rings. The van der Waals surface area contributed by atoms with Crippen LogP contribution in [0.3, 0.4) is 0 Å². The number of rotatable bonds is 3. The van der Waals surface area contributed by atoms with Crippen LogP contribution in [-0.2, 0) is 4.79 Å². The molecule has 4 N–H and O–H groups in total. The minimum atomic E-state index is -0.577. The molecule has 0 radical (unpaired) electrons. The van der Waals surface area contributed by atoms with E-state index < -0.39 is 6.17 Å². The largest absolute Gasteiger partial charge is 0.659 e. The van der Waals surface area contributed by atoms with Crippen LogP contribution < -0.4 is 25.8 Å². The van der Waals surface area contributed by atoms with E-state index in [2.05, 4.69) is 16.0 Å². The summed E-state index contributed by atoms with van der Waals surface area (Å²) < 4.78 is 11.3. The van der Waals surface area contributed by atoms with E-state index in [4.69, 9.17) is 15.2 Å². The van der Waals surface area contributed by atoms with Crippen molar-refractivity contribution in [2.24, 2.45) is 0 Å². The van der Waals surface area contributed by atoms with Crippen LogP contribution in [0.4, 0.5) is 11.4 Å². The van der Waals surface area contributed by atoms with Crippen LogP contribution in [0, 0.1) is 0 Å². The summed E-state index contributed by atoms with van der Waals surface area (Å²) in [5, 5.41) is 10.9. The van der Waals surface area contributed by atoms with Crippen molar-refractivity contribution in [3.63, 3.8) is 0 Å². The second-order valence-electron chi connectivity index (χ2n) is 7.55. The minimum Gasteiger partial charge on any atom is -0.659 e. The lowest BCUT2D eigenvalue weighted by Crippen LogP contribution is -2.37. The van der Waals surface area contributed by atoms with Gasteiger partial charge in [-0.25, -0.2) is 0 Å². The van der Waals surface area contributed by atoms with Crippen molar-refractivity contribution in [3.05, 3.63) is 53.1 Å². The van der Waals surface area contributed by atoms with Gasteiger partial charge in [-0.05, 0) is 35.9 Å². The molecule has 0 aliphatic carbocycles. The molecule has 1 atom stereocenters. The molecule has 5 rings (SSSR count). The van der Waals surface area contributed by atoms with E-state index in [0.717, 1.165) is 41.2 Å². The molecule has 1 amide bonds. The molecule has 8 nitrogen and oxygen atoms in total. The maximum atomic E-state index is 13.0. The summed E-state index contributed by atoms with van der Waals surface area (Å²) in [6.45, 7) is 2.67. The molecular formula is C22H24N5O3-. The standard InChI is InChI=1S/C22H24N5O3/c1-27-17-7-8-24-12-16(17)25-21(27)22(28)26-15-4-2-3-14(20(15)23)13-5-6-18-19(11-13)30-10-9-29-18/h2-6,11,21,24H,7-10,12,23H2,1H3,(H,26,28)/q-1. The first-order valence-corrected chi connectivity index (χ1v) is 10.1. The van der Waals surface area contributed by atoms with Crippen LogP contribution in [0.25, 0.3) is 16.4 Å². The SMILES string of the molecule is CN1C2=C(CNCC2)[N-]C1C(=O)Nc1cccc(-c2ccc3c(c2)OCCO3)c1N. The van der Waals surface area contributed by atoms with Gasteiger partial charge in [0.15, 0.2) is 11.5 Å².